The van der Waals surface area contributed by atoms with E-state index in [9.17, 15) is 0 Å². The molecule has 332 valence electrons. The molecular weight excluding hydrogens is 879 g/mol. The van der Waals surface area contributed by atoms with Gasteiger partial charge in [0.05, 0.1) is 16.5 Å². The van der Waals surface area contributed by atoms with Gasteiger partial charge in [0.1, 0.15) is 11.5 Å². The van der Waals surface area contributed by atoms with Gasteiger partial charge in [0.15, 0.2) is 0 Å². The molecule has 3 heteroatoms. The van der Waals surface area contributed by atoms with Crippen LogP contribution in [0.5, 0.6) is 11.5 Å². The molecule has 0 unspecified atom stereocenters. The Kier molecular flexibility index (Phi) is 8.69. The van der Waals surface area contributed by atoms with Crippen molar-refractivity contribution in [1.29, 1.82) is 0 Å². The first kappa shape index (κ1) is 40.2. The van der Waals surface area contributed by atoms with Crippen molar-refractivity contribution in [2.45, 2.75) is 10.8 Å². The zero-order valence-electron chi connectivity index (χ0n) is 38.6. The number of hydrogen-bond acceptors (Lipinski definition) is 3. The molecule has 0 fully saturated rings. The van der Waals surface area contributed by atoms with Crippen LogP contribution in [0.25, 0.3) is 53.6 Å². The lowest BCUT2D eigenvalue weighted by Gasteiger charge is -2.41. The van der Waals surface area contributed by atoms with Gasteiger partial charge in [-0.05, 0) is 110 Å². The molecule has 1 spiro atoms. The van der Waals surface area contributed by atoms with Crippen molar-refractivity contribution in [1.82, 2.24) is 0 Å². The van der Waals surface area contributed by atoms with Crippen LogP contribution in [-0.4, -0.2) is 0 Å². The molecule has 0 saturated heterocycles. The summed E-state index contributed by atoms with van der Waals surface area (Å²) in [6, 6.07) is 96.6. The first-order valence-corrected chi connectivity index (χ1v) is 25.3. The molecule has 0 amide bonds. The SMILES string of the molecule is c1ccc(-c2cc(N(c3ccc(C4(c5ccccc5)c5ccccc5-c5ccccc54)cc3)c3cccc4sc5ccccc5c34)cc3c2Oc2ccccc2C32c3ccccc3-c3ccccc32)cc1. The third-order valence-corrected chi connectivity index (χ3v) is 16.8. The van der Waals surface area contributed by atoms with Gasteiger partial charge in [0.25, 0.3) is 0 Å². The quantitative estimate of drug-likeness (QED) is 0.165. The van der Waals surface area contributed by atoms with E-state index < -0.39 is 10.8 Å². The molecular formula is C68H43NOS. The van der Waals surface area contributed by atoms with Crippen LogP contribution in [0.2, 0.25) is 0 Å². The minimum atomic E-state index is -0.668. The zero-order valence-corrected chi connectivity index (χ0v) is 39.4. The average Bonchev–Trinajstić information content (AvgIpc) is 4.08. The number of para-hydroxylation sites is 1. The molecule has 2 nitrogen and oxygen atoms in total. The number of ether oxygens (including phenoxy) is 1. The monoisotopic (exact) mass is 921 g/mol. The van der Waals surface area contributed by atoms with E-state index in [2.05, 4.69) is 266 Å². The molecule has 0 N–H and O–H groups in total. The Morgan fingerprint density at radius 3 is 1.49 bits per heavy atom. The van der Waals surface area contributed by atoms with Gasteiger partial charge in [-0.25, -0.2) is 0 Å². The highest BCUT2D eigenvalue weighted by molar-refractivity contribution is 7.26. The van der Waals surface area contributed by atoms with Gasteiger partial charge in [0.2, 0.25) is 0 Å². The fourth-order valence-electron chi connectivity index (χ4n) is 12.8. The summed E-state index contributed by atoms with van der Waals surface area (Å²) in [6.07, 6.45) is 0. The molecule has 11 aromatic carbocycles. The Morgan fingerprint density at radius 2 is 0.845 bits per heavy atom. The third kappa shape index (κ3) is 5.52. The largest absolute Gasteiger partial charge is 0.456 e. The fourth-order valence-corrected chi connectivity index (χ4v) is 14.0. The van der Waals surface area contributed by atoms with Gasteiger partial charge in [-0.1, -0.05) is 212 Å². The third-order valence-electron chi connectivity index (χ3n) is 15.6. The summed E-state index contributed by atoms with van der Waals surface area (Å²) >= 11 is 1.86. The predicted molar refractivity (Wildman–Crippen MR) is 294 cm³/mol. The molecule has 2 aliphatic carbocycles. The first-order chi connectivity index (χ1) is 35.2. The Bertz CT molecular complexity index is 4000. The van der Waals surface area contributed by atoms with E-state index in [0.29, 0.717) is 0 Å². The number of hydrogen-bond donors (Lipinski definition) is 0. The molecule has 0 atom stereocenters. The topological polar surface area (TPSA) is 12.5 Å². The van der Waals surface area contributed by atoms with Gasteiger partial charge in [-0.15, -0.1) is 11.3 Å². The maximum Gasteiger partial charge on any atom is 0.140 e. The van der Waals surface area contributed by atoms with Crippen molar-refractivity contribution < 1.29 is 4.74 Å². The molecule has 15 rings (SSSR count). The van der Waals surface area contributed by atoms with Crippen LogP contribution in [0.4, 0.5) is 17.1 Å². The van der Waals surface area contributed by atoms with Crippen molar-refractivity contribution in [3.05, 3.63) is 305 Å². The summed E-state index contributed by atoms with van der Waals surface area (Å²) in [5.74, 6) is 1.75. The maximum absolute atomic E-state index is 7.31. The van der Waals surface area contributed by atoms with Crippen LogP contribution in [0, 0.1) is 0 Å². The Hall–Kier alpha value is -8.76. The zero-order chi connectivity index (χ0) is 46.7. The van der Waals surface area contributed by atoms with E-state index in [1.807, 2.05) is 11.3 Å². The van der Waals surface area contributed by atoms with Gasteiger partial charge in [-0.3, -0.25) is 0 Å². The lowest BCUT2D eigenvalue weighted by molar-refractivity contribution is 0.438. The van der Waals surface area contributed by atoms with Crippen molar-refractivity contribution in [3.8, 4) is 44.9 Å². The normalized spacial score (nSPS) is 14.0. The van der Waals surface area contributed by atoms with E-state index >= 15 is 0 Å². The number of thiophene rings is 1. The Balaban J connectivity index is 1.04. The lowest BCUT2D eigenvalue weighted by Crippen LogP contribution is -2.32. The molecule has 12 aromatic rings. The van der Waals surface area contributed by atoms with Gasteiger partial charge in [-0.2, -0.15) is 0 Å². The van der Waals surface area contributed by atoms with E-state index in [4.69, 9.17) is 4.74 Å². The molecule has 71 heavy (non-hydrogen) atoms. The van der Waals surface area contributed by atoms with Crippen LogP contribution in [0.15, 0.2) is 261 Å². The highest BCUT2D eigenvalue weighted by Gasteiger charge is 2.52. The number of anilines is 3. The average molecular weight is 922 g/mol. The maximum atomic E-state index is 7.31. The highest BCUT2D eigenvalue weighted by Crippen LogP contribution is 2.64. The summed E-state index contributed by atoms with van der Waals surface area (Å²) in [5, 5.41) is 2.49. The van der Waals surface area contributed by atoms with Crippen LogP contribution < -0.4 is 9.64 Å². The standard InChI is InChI=1S/C68H43NOS/c1-3-20-44(21-4-1)54-42-48(43-60-66(54)70-62-35-17-16-33-59(62)68(60)57-31-14-9-26-51(57)52-27-10-15-32-58(52)68)69(61-34-19-37-64-65(61)53-28-11-18-36-63(53)71-64)47-40-38-46(39-41-47)67(45-22-5-2-6-23-45)55-29-12-7-24-49(55)50-25-8-13-30-56(50)67/h1-43H. The highest BCUT2D eigenvalue weighted by atomic mass is 32.1. The molecule has 1 aliphatic heterocycles. The summed E-state index contributed by atoms with van der Waals surface area (Å²) < 4.78 is 9.83. The number of fused-ring (bicyclic) bond motifs is 15. The van der Waals surface area contributed by atoms with Crippen molar-refractivity contribution in [2.24, 2.45) is 0 Å². The predicted octanol–water partition coefficient (Wildman–Crippen LogP) is 18.0. The summed E-state index contributed by atoms with van der Waals surface area (Å²) in [5.41, 5.74) is 19.1. The van der Waals surface area contributed by atoms with Crippen LogP contribution >= 0.6 is 11.3 Å². The molecule has 1 aromatic heterocycles. The van der Waals surface area contributed by atoms with Gasteiger partial charge < -0.3 is 9.64 Å². The molecule has 2 heterocycles. The molecule has 0 bridgehead atoms. The summed E-state index contributed by atoms with van der Waals surface area (Å²) in [7, 11) is 0. The molecule has 0 saturated carbocycles. The first-order valence-electron chi connectivity index (χ1n) is 24.5. The Morgan fingerprint density at radius 1 is 0.338 bits per heavy atom. The lowest BCUT2D eigenvalue weighted by atomic mass is 9.65. The summed E-state index contributed by atoms with van der Waals surface area (Å²) in [4.78, 5) is 2.52. The van der Waals surface area contributed by atoms with Crippen LogP contribution in [0.1, 0.15) is 44.5 Å². The number of rotatable bonds is 6. The van der Waals surface area contributed by atoms with E-state index in [1.54, 1.807) is 0 Å². The second-order valence-electron chi connectivity index (χ2n) is 19.0. The second-order valence-corrected chi connectivity index (χ2v) is 20.1. The van der Waals surface area contributed by atoms with Crippen LogP contribution in [0.3, 0.4) is 0 Å². The van der Waals surface area contributed by atoms with Crippen molar-refractivity contribution in [2.75, 3.05) is 4.90 Å². The molecule has 3 aliphatic rings. The second kappa shape index (κ2) is 15.4. The minimum absolute atomic E-state index is 0.520. The number of benzene rings is 11. The van der Waals surface area contributed by atoms with Gasteiger partial charge >= 0.3 is 0 Å². The Labute approximate surface area is 417 Å². The fraction of sp³-hybridized carbons (Fsp3) is 0.0294. The van der Waals surface area contributed by atoms with Crippen molar-refractivity contribution in [3.63, 3.8) is 0 Å². The van der Waals surface area contributed by atoms with E-state index in [0.717, 1.165) is 50.8 Å². The van der Waals surface area contributed by atoms with E-state index in [-0.39, 0.29) is 0 Å². The van der Waals surface area contributed by atoms with E-state index in [1.165, 1.54) is 75.8 Å². The number of nitrogens with zero attached hydrogens (tertiary/aromatic N) is 1. The van der Waals surface area contributed by atoms with Crippen LogP contribution in [-0.2, 0) is 10.8 Å². The summed E-state index contributed by atoms with van der Waals surface area (Å²) in [6.45, 7) is 0. The van der Waals surface area contributed by atoms with Crippen molar-refractivity contribution >= 4 is 48.6 Å². The minimum Gasteiger partial charge on any atom is -0.456 e. The smallest absolute Gasteiger partial charge is 0.140 e. The van der Waals surface area contributed by atoms with Gasteiger partial charge in [0, 0.05) is 48.2 Å². The molecule has 0 radical (unpaired) electrons.